The summed E-state index contributed by atoms with van der Waals surface area (Å²) >= 11 is 0. The van der Waals surface area contributed by atoms with Crippen molar-refractivity contribution in [3.8, 4) is 11.3 Å². The van der Waals surface area contributed by atoms with Gasteiger partial charge in [-0.15, -0.1) is 10.2 Å². The highest BCUT2D eigenvalue weighted by Gasteiger charge is 2.37. The molecule has 1 aromatic carbocycles. The van der Waals surface area contributed by atoms with E-state index in [2.05, 4.69) is 32.5 Å². The molecule has 2 aromatic heterocycles. The Morgan fingerprint density at radius 1 is 1.14 bits per heavy atom. The highest BCUT2D eigenvalue weighted by Crippen LogP contribution is 2.37. The van der Waals surface area contributed by atoms with Crippen LogP contribution in [0.4, 0.5) is 0 Å². The molecule has 2 fully saturated rings. The summed E-state index contributed by atoms with van der Waals surface area (Å²) in [6.45, 7) is 5.19. The monoisotopic (exact) mass is 393 g/mol. The zero-order valence-electron chi connectivity index (χ0n) is 16.2. The van der Waals surface area contributed by atoms with Gasteiger partial charge >= 0.3 is 0 Å². The number of benzene rings is 1. The van der Waals surface area contributed by atoms with Crippen LogP contribution in [0.25, 0.3) is 11.3 Å². The summed E-state index contributed by atoms with van der Waals surface area (Å²) in [5, 5.41) is 15.4. The van der Waals surface area contributed by atoms with Gasteiger partial charge in [0, 0.05) is 36.7 Å². The molecule has 150 valence electrons. The van der Waals surface area contributed by atoms with Gasteiger partial charge in [-0.2, -0.15) is 0 Å². The molecule has 3 aromatic rings. The van der Waals surface area contributed by atoms with Crippen molar-refractivity contribution in [2.24, 2.45) is 0 Å². The van der Waals surface area contributed by atoms with Crippen LogP contribution in [-0.4, -0.2) is 51.8 Å². The second-order valence-electron chi connectivity index (χ2n) is 7.81. The lowest BCUT2D eigenvalue weighted by molar-refractivity contribution is 0.0864. The van der Waals surface area contributed by atoms with Crippen LogP contribution >= 0.6 is 0 Å². The Hall–Kier alpha value is -3.00. The van der Waals surface area contributed by atoms with E-state index >= 15 is 0 Å². The summed E-state index contributed by atoms with van der Waals surface area (Å²) < 4.78 is 11.1. The minimum Gasteiger partial charge on any atom is -0.425 e. The van der Waals surface area contributed by atoms with E-state index in [9.17, 15) is 4.79 Å². The molecule has 2 aliphatic rings. The predicted molar refractivity (Wildman–Crippen MR) is 104 cm³/mol. The molecule has 5 rings (SSSR count). The lowest BCUT2D eigenvalue weighted by atomic mass is 9.80. The van der Waals surface area contributed by atoms with Crippen LogP contribution in [0.15, 0.2) is 45.3 Å². The second kappa shape index (κ2) is 7.44. The van der Waals surface area contributed by atoms with Gasteiger partial charge in [-0.1, -0.05) is 42.4 Å². The minimum atomic E-state index is -0.247. The van der Waals surface area contributed by atoms with Crippen LogP contribution in [0.5, 0.6) is 0 Å². The molecule has 0 radical (unpaired) electrons. The van der Waals surface area contributed by atoms with Gasteiger partial charge in [0.2, 0.25) is 17.5 Å². The molecule has 1 saturated carbocycles. The number of aromatic nitrogens is 3. The summed E-state index contributed by atoms with van der Waals surface area (Å²) in [5.74, 6) is 1.97. The number of hydrogen-bond acceptors (Lipinski definition) is 7. The number of carbonyl (C=O) groups is 1. The van der Waals surface area contributed by atoms with Crippen molar-refractivity contribution in [1.29, 1.82) is 0 Å². The summed E-state index contributed by atoms with van der Waals surface area (Å²) in [7, 11) is 0. The Morgan fingerprint density at radius 3 is 2.59 bits per heavy atom. The topological polar surface area (TPSA) is 97.3 Å². The first-order chi connectivity index (χ1) is 14.2. The van der Waals surface area contributed by atoms with Crippen molar-refractivity contribution in [3.05, 3.63) is 53.9 Å². The molecule has 0 spiro atoms. The largest absolute Gasteiger partial charge is 0.425 e. The number of carbonyl (C=O) groups excluding carboxylic acids is 1. The summed E-state index contributed by atoms with van der Waals surface area (Å²) in [6, 6.07) is 11.4. The third kappa shape index (κ3) is 3.55. The molecule has 3 heterocycles. The average molecular weight is 393 g/mol. The first-order valence-corrected chi connectivity index (χ1v) is 10.1. The number of amides is 1. The third-order valence-corrected chi connectivity index (χ3v) is 5.84. The van der Waals surface area contributed by atoms with Gasteiger partial charge in [0.25, 0.3) is 5.91 Å². The number of rotatable bonds is 6. The van der Waals surface area contributed by atoms with Gasteiger partial charge in [-0.25, -0.2) is 0 Å². The molecule has 0 unspecified atom stereocenters. The van der Waals surface area contributed by atoms with E-state index in [1.165, 1.54) is 0 Å². The Labute approximate surface area is 168 Å². The number of likely N-dealkylation sites (tertiary alicyclic amines) is 1. The highest BCUT2D eigenvalue weighted by molar-refractivity contribution is 5.92. The van der Waals surface area contributed by atoms with E-state index < -0.39 is 0 Å². The Balaban J connectivity index is 1.13. The van der Waals surface area contributed by atoms with Crippen LogP contribution in [0.2, 0.25) is 0 Å². The van der Waals surface area contributed by atoms with Crippen LogP contribution in [0.1, 0.15) is 53.9 Å². The Bertz CT molecular complexity index is 987. The van der Waals surface area contributed by atoms with Crippen LogP contribution in [0.3, 0.4) is 0 Å². The van der Waals surface area contributed by atoms with Gasteiger partial charge < -0.3 is 19.2 Å². The van der Waals surface area contributed by atoms with Crippen molar-refractivity contribution in [2.75, 3.05) is 19.6 Å². The first-order valence-electron chi connectivity index (χ1n) is 10.1. The molecular weight excluding hydrogens is 370 g/mol. The maximum Gasteiger partial charge on any atom is 0.290 e. The molecule has 1 aliphatic carbocycles. The first kappa shape index (κ1) is 18.1. The molecule has 1 aliphatic heterocycles. The molecule has 1 amide bonds. The molecule has 8 nitrogen and oxygen atoms in total. The van der Waals surface area contributed by atoms with Crippen LogP contribution in [0, 0.1) is 0 Å². The van der Waals surface area contributed by atoms with E-state index in [0.29, 0.717) is 17.5 Å². The average Bonchev–Trinajstić information content (AvgIpc) is 3.34. The number of hydrogen-bond donors (Lipinski definition) is 1. The molecule has 1 saturated heterocycles. The van der Waals surface area contributed by atoms with E-state index in [1.54, 1.807) is 6.07 Å². The fourth-order valence-corrected chi connectivity index (χ4v) is 3.88. The maximum absolute atomic E-state index is 12.4. The van der Waals surface area contributed by atoms with Crippen molar-refractivity contribution < 1.29 is 13.7 Å². The van der Waals surface area contributed by atoms with Crippen molar-refractivity contribution in [2.45, 2.75) is 37.6 Å². The van der Waals surface area contributed by atoms with Gasteiger partial charge in [-0.3, -0.25) is 4.79 Å². The third-order valence-electron chi connectivity index (χ3n) is 5.84. The van der Waals surface area contributed by atoms with Gasteiger partial charge in [0.15, 0.2) is 0 Å². The van der Waals surface area contributed by atoms with Gasteiger partial charge in [0.1, 0.15) is 5.69 Å². The quantitative estimate of drug-likeness (QED) is 0.688. The molecular formula is C21H23N5O3. The number of nitrogens with zero attached hydrogens (tertiary/aromatic N) is 4. The minimum absolute atomic E-state index is 0.0763. The molecule has 8 heteroatoms. The summed E-state index contributed by atoms with van der Waals surface area (Å²) in [4.78, 5) is 14.8. The zero-order chi connectivity index (χ0) is 19.8. The van der Waals surface area contributed by atoms with Gasteiger partial charge in [-0.05, 0) is 19.4 Å². The fourth-order valence-electron chi connectivity index (χ4n) is 3.88. The standard InChI is InChI=1S/C21H23N5O3/c1-2-26-11-15(12-26)21-24-23-20(28-21)14-8-16(9-14)22-19(27)18-10-17(25-29-18)13-6-4-3-5-7-13/h3-7,10,14-16H,2,8-9,11-12H2,1H3,(H,22,27). The normalized spacial score (nSPS) is 22.1. The van der Waals surface area contributed by atoms with Crippen molar-refractivity contribution >= 4 is 5.91 Å². The van der Waals surface area contributed by atoms with Crippen LogP contribution in [-0.2, 0) is 0 Å². The Kier molecular flexibility index (Phi) is 4.63. The maximum atomic E-state index is 12.4. The van der Waals surface area contributed by atoms with E-state index in [1.807, 2.05) is 30.3 Å². The zero-order valence-corrected chi connectivity index (χ0v) is 16.2. The molecule has 1 N–H and O–H groups in total. The molecule has 29 heavy (non-hydrogen) atoms. The Morgan fingerprint density at radius 2 is 1.86 bits per heavy atom. The molecule has 0 atom stereocenters. The van der Waals surface area contributed by atoms with Crippen molar-refractivity contribution in [1.82, 2.24) is 25.6 Å². The molecule has 0 bridgehead atoms. The van der Waals surface area contributed by atoms with Gasteiger partial charge in [0.05, 0.1) is 5.92 Å². The van der Waals surface area contributed by atoms with E-state index in [-0.39, 0.29) is 23.6 Å². The number of likely N-dealkylation sites (N-methyl/N-ethyl adjacent to an activating group) is 1. The smallest absolute Gasteiger partial charge is 0.290 e. The van der Waals surface area contributed by atoms with Crippen molar-refractivity contribution in [3.63, 3.8) is 0 Å². The fraction of sp³-hybridized carbons (Fsp3) is 0.429. The number of nitrogens with one attached hydrogen (secondary N) is 1. The summed E-state index contributed by atoms with van der Waals surface area (Å²) in [6.07, 6.45) is 1.58. The predicted octanol–water partition coefficient (Wildman–Crippen LogP) is 2.82. The second-order valence-corrected chi connectivity index (χ2v) is 7.81. The van der Waals surface area contributed by atoms with Crippen LogP contribution < -0.4 is 5.32 Å². The highest BCUT2D eigenvalue weighted by atomic mass is 16.5. The summed E-state index contributed by atoms with van der Waals surface area (Å²) in [5.41, 5.74) is 1.57. The van der Waals surface area contributed by atoms with E-state index in [4.69, 9.17) is 8.94 Å². The SMILES string of the molecule is CCN1CC(c2nnc(C3CC(NC(=O)c4cc(-c5ccccc5)no4)C3)o2)C1. The lowest BCUT2D eigenvalue weighted by Gasteiger charge is -2.36. The lowest BCUT2D eigenvalue weighted by Crippen LogP contribution is -2.44. The van der Waals surface area contributed by atoms with E-state index in [0.717, 1.165) is 43.9 Å².